The van der Waals surface area contributed by atoms with Gasteiger partial charge in [0, 0.05) is 11.4 Å². The molecule has 24 heavy (non-hydrogen) atoms. The van der Waals surface area contributed by atoms with E-state index in [1.54, 1.807) is 0 Å². The molecular weight excluding hydrogens is 322 g/mol. The van der Waals surface area contributed by atoms with E-state index in [-0.39, 0.29) is 24.4 Å². The molecule has 0 radical (unpaired) electrons. The SMILES string of the molecule is NC(=O)NC(CC(=O)N1CCCC1c1ccccc1)c1cccs1. The van der Waals surface area contributed by atoms with Crippen LogP contribution in [0.2, 0.25) is 0 Å². The highest BCUT2D eigenvalue weighted by Crippen LogP contribution is 2.33. The second kappa shape index (κ2) is 7.49. The summed E-state index contributed by atoms with van der Waals surface area (Å²) in [5, 5.41) is 4.62. The third kappa shape index (κ3) is 3.76. The first-order chi connectivity index (χ1) is 11.6. The fraction of sp³-hybridized carbons (Fsp3) is 0.333. The number of carbonyl (C=O) groups is 2. The van der Waals surface area contributed by atoms with Crippen molar-refractivity contribution < 1.29 is 9.59 Å². The lowest BCUT2D eigenvalue weighted by Crippen LogP contribution is -2.38. The molecule has 2 aromatic rings. The zero-order chi connectivity index (χ0) is 16.9. The van der Waals surface area contributed by atoms with Crippen LogP contribution in [0.15, 0.2) is 47.8 Å². The number of amides is 3. The fourth-order valence-electron chi connectivity index (χ4n) is 3.26. The molecule has 5 nitrogen and oxygen atoms in total. The van der Waals surface area contributed by atoms with Crippen LogP contribution in [0.3, 0.4) is 0 Å². The highest BCUT2D eigenvalue weighted by atomic mass is 32.1. The van der Waals surface area contributed by atoms with Gasteiger partial charge < -0.3 is 16.0 Å². The molecule has 126 valence electrons. The van der Waals surface area contributed by atoms with Crippen molar-refractivity contribution in [1.82, 2.24) is 10.2 Å². The number of urea groups is 1. The Labute approximate surface area is 145 Å². The van der Waals surface area contributed by atoms with E-state index in [1.165, 1.54) is 16.9 Å². The third-order valence-corrected chi connectivity index (χ3v) is 5.33. The molecule has 2 heterocycles. The van der Waals surface area contributed by atoms with E-state index >= 15 is 0 Å². The van der Waals surface area contributed by atoms with Crippen molar-refractivity contribution in [2.75, 3.05) is 6.54 Å². The highest BCUT2D eigenvalue weighted by Gasteiger charge is 2.31. The molecule has 1 aromatic carbocycles. The molecule has 0 bridgehead atoms. The van der Waals surface area contributed by atoms with Crippen molar-refractivity contribution in [3.05, 3.63) is 58.3 Å². The van der Waals surface area contributed by atoms with Crippen LogP contribution in [0.5, 0.6) is 0 Å². The topological polar surface area (TPSA) is 75.4 Å². The Morgan fingerprint density at radius 1 is 1.25 bits per heavy atom. The largest absolute Gasteiger partial charge is 0.352 e. The Morgan fingerprint density at radius 3 is 2.71 bits per heavy atom. The molecule has 6 heteroatoms. The third-order valence-electron chi connectivity index (χ3n) is 4.34. The standard InChI is InChI=1S/C18H21N3O2S/c19-18(23)20-14(16-9-5-11-24-16)12-17(22)21-10-4-8-15(21)13-6-2-1-3-7-13/h1-3,5-7,9,11,14-15H,4,8,10,12H2,(H3,19,20,23). The summed E-state index contributed by atoms with van der Waals surface area (Å²) >= 11 is 1.51. The van der Waals surface area contributed by atoms with Gasteiger partial charge >= 0.3 is 6.03 Å². The number of hydrogen-bond acceptors (Lipinski definition) is 3. The lowest BCUT2D eigenvalue weighted by Gasteiger charge is -2.27. The van der Waals surface area contributed by atoms with Gasteiger partial charge in [0.2, 0.25) is 5.91 Å². The zero-order valence-electron chi connectivity index (χ0n) is 13.4. The number of benzene rings is 1. The van der Waals surface area contributed by atoms with E-state index < -0.39 is 6.03 Å². The molecule has 1 saturated heterocycles. The molecule has 1 aromatic heterocycles. The van der Waals surface area contributed by atoms with Crippen molar-refractivity contribution in [2.45, 2.75) is 31.3 Å². The van der Waals surface area contributed by atoms with Crippen molar-refractivity contribution in [3.63, 3.8) is 0 Å². The first-order valence-electron chi connectivity index (χ1n) is 8.09. The zero-order valence-corrected chi connectivity index (χ0v) is 14.2. The van der Waals surface area contributed by atoms with Gasteiger partial charge in [-0.3, -0.25) is 4.79 Å². The first-order valence-corrected chi connectivity index (χ1v) is 8.97. The Bertz CT molecular complexity index is 688. The van der Waals surface area contributed by atoms with Gasteiger partial charge in [0.25, 0.3) is 0 Å². The monoisotopic (exact) mass is 343 g/mol. The molecule has 2 unspecified atom stereocenters. The second-order valence-corrected chi connectivity index (χ2v) is 6.92. The summed E-state index contributed by atoms with van der Waals surface area (Å²) in [7, 11) is 0. The number of primary amides is 1. The maximum atomic E-state index is 12.9. The summed E-state index contributed by atoms with van der Waals surface area (Å²) in [5.74, 6) is 0.0495. The molecule has 2 atom stereocenters. The van der Waals surface area contributed by atoms with Crippen molar-refractivity contribution in [2.24, 2.45) is 5.73 Å². The Balaban J connectivity index is 1.73. The number of likely N-dealkylation sites (tertiary alicyclic amines) is 1. The normalized spacial score (nSPS) is 18.3. The number of carbonyl (C=O) groups excluding carboxylic acids is 2. The number of hydrogen-bond donors (Lipinski definition) is 2. The first kappa shape index (κ1) is 16.5. The summed E-state index contributed by atoms with van der Waals surface area (Å²) in [6.07, 6.45) is 2.20. The molecule has 1 fully saturated rings. The maximum absolute atomic E-state index is 12.9. The fourth-order valence-corrected chi connectivity index (χ4v) is 4.04. The summed E-state index contributed by atoms with van der Waals surface area (Å²) in [6, 6.07) is 13.1. The molecule has 1 aliphatic heterocycles. The van der Waals surface area contributed by atoms with Gasteiger partial charge in [0.15, 0.2) is 0 Å². The van der Waals surface area contributed by atoms with Gasteiger partial charge in [-0.25, -0.2) is 4.79 Å². The Hall–Kier alpha value is -2.34. The van der Waals surface area contributed by atoms with Gasteiger partial charge in [-0.15, -0.1) is 11.3 Å². The minimum atomic E-state index is -0.609. The van der Waals surface area contributed by atoms with Crippen LogP contribution in [-0.2, 0) is 4.79 Å². The van der Waals surface area contributed by atoms with Gasteiger partial charge in [-0.05, 0) is 29.9 Å². The molecular formula is C18H21N3O2S. The summed E-state index contributed by atoms with van der Waals surface area (Å²) < 4.78 is 0. The van der Waals surface area contributed by atoms with Crippen LogP contribution in [0.4, 0.5) is 4.79 Å². The quantitative estimate of drug-likeness (QED) is 0.875. The molecule has 1 aliphatic rings. The average molecular weight is 343 g/mol. The van der Waals surface area contributed by atoms with Crippen LogP contribution in [0, 0.1) is 0 Å². The van der Waals surface area contributed by atoms with Crippen LogP contribution < -0.4 is 11.1 Å². The van der Waals surface area contributed by atoms with E-state index in [1.807, 2.05) is 40.6 Å². The summed E-state index contributed by atoms with van der Waals surface area (Å²) in [6.45, 7) is 0.756. The Kier molecular flexibility index (Phi) is 5.15. The number of thiophene rings is 1. The smallest absolute Gasteiger partial charge is 0.312 e. The number of rotatable bonds is 5. The van der Waals surface area contributed by atoms with Crippen LogP contribution in [0.25, 0.3) is 0 Å². The van der Waals surface area contributed by atoms with Gasteiger partial charge in [0.05, 0.1) is 18.5 Å². The average Bonchev–Trinajstić information content (AvgIpc) is 3.26. The van der Waals surface area contributed by atoms with Crippen molar-refractivity contribution in [1.29, 1.82) is 0 Å². The molecule has 3 N–H and O–H groups in total. The van der Waals surface area contributed by atoms with Gasteiger partial charge in [0.1, 0.15) is 0 Å². The number of nitrogens with two attached hydrogens (primary N) is 1. The van der Waals surface area contributed by atoms with E-state index in [0.717, 1.165) is 24.3 Å². The lowest BCUT2D eigenvalue weighted by atomic mass is 10.0. The molecule has 3 amide bonds. The molecule has 0 aliphatic carbocycles. The number of nitrogens with zero attached hydrogens (tertiary/aromatic N) is 1. The van der Waals surface area contributed by atoms with Crippen molar-refractivity contribution in [3.8, 4) is 0 Å². The van der Waals surface area contributed by atoms with Crippen LogP contribution in [-0.4, -0.2) is 23.4 Å². The Morgan fingerprint density at radius 2 is 2.04 bits per heavy atom. The van der Waals surface area contributed by atoms with Gasteiger partial charge in [-0.1, -0.05) is 36.4 Å². The predicted octanol–water partition coefficient (Wildman–Crippen LogP) is 3.21. The van der Waals surface area contributed by atoms with Crippen LogP contribution in [0.1, 0.15) is 41.8 Å². The van der Waals surface area contributed by atoms with Crippen molar-refractivity contribution >= 4 is 23.3 Å². The molecule has 3 rings (SSSR count). The minimum absolute atomic E-state index is 0.0495. The predicted molar refractivity (Wildman–Crippen MR) is 94.5 cm³/mol. The number of nitrogens with one attached hydrogen (secondary N) is 1. The lowest BCUT2D eigenvalue weighted by molar-refractivity contribution is -0.132. The van der Waals surface area contributed by atoms with E-state index in [2.05, 4.69) is 17.4 Å². The highest BCUT2D eigenvalue weighted by molar-refractivity contribution is 7.10. The summed E-state index contributed by atoms with van der Waals surface area (Å²) in [5.41, 5.74) is 6.44. The maximum Gasteiger partial charge on any atom is 0.312 e. The van der Waals surface area contributed by atoms with E-state index in [0.29, 0.717) is 0 Å². The van der Waals surface area contributed by atoms with Crippen LogP contribution >= 0.6 is 11.3 Å². The van der Waals surface area contributed by atoms with Gasteiger partial charge in [-0.2, -0.15) is 0 Å². The van der Waals surface area contributed by atoms with E-state index in [9.17, 15) is 9.59 Å². The second-order valence-electron chi connectivity index (χ2n) is 5.94. The minimum Gasteiger partial charge on any atom is -0.352 e. The molecule has 0 saturated carbocycles. The molecule has 0 spiro atoms. The summed E-state index contributed by atoms with van der Waals surface area (Å²) in [4.78, 5) is 27.0. The van der Waals surface area contributed by atoms with E-state index in [4.69, 9.17) is 5.73 Å².